The Morgan fingerprint density at radius 2 is 1.81 bits per heavy atom. The van der Waals surface area contributed by atoms with E-state index in [0.717, 1.165) is 0 Å². The van der Waals surface area contributed by atoms with Crippen molar-refractivity contribution in [2.75, 3.05) is 13.2 Å². The summed E-state index contributed by atoms with van der Waals surface area (Å²) in [7, 11) is -3.36. The maximum absolute atomic E-state index is 12.4. The molecule has 0 aromatic rings. The van der Waals surface area contributed by atoms with E-state index in [-0.39, 0.29) is 25.2 Å². The fourth-order valence-electron chi connectivity index (χ4n) is 1.70. The normalized spacial score (nSPS) is 25.4. The largest absolute Gasteiger partial charge is 0.460 e. The van der Waals surface area contributed by atoms with Gasteiger partial charge in [-0.1, -0.05) is 13.8 Å². The van der Waals surface area contributed by atoms with Crippen LogP contribution in [0.3, 0.4) is 0 Å². The minimum absolute atomic E-state index is 0.108. The van der Waals surface area contributed by atoms with Crippen LogP contribution in [0.2, 0.25) is 0 Å². The van der Waals surface area contributed by atoms with Crippen molar-refractivity contribution >= 4 is 13.6 Å². The third kappa shape index (κ3) is 2.47. The van der Waals surface area contributed by atoms with Crippen LogP contribution in [0.1, 0.15) is 27.7 Å². The van der Waals surface area contributed by atoms with E-state index in [1.807, 2.05) is 13.8 Å². The van der Waals surface area contributed by atoms with Crippen LogP contribution in [0, 0.1) is 5.92 Å². The number of carbonyl (C=O) groups excluding carboxylic acids is 1. The molecule has 0 aromatic carbocycles. The first kappa shape index (κ1) is 13.7. The molecule has 0 aromatic heterocycles. The lowest BCUT2D eigenvalue weighted by Crippen LogP contribution is -2.53. The quantitative estimate of drug-likeness (QED) is 0.534. The SMILES string of the molecule is CCOP(=O)(OCC)[C@H]1C(=O)O[C@H]1C(C)C. The molecule has 0 saturated carbocycles. The van der Waals surface area contributed by atoms with E-state index in [1.54, 1.807) is 13.8 Å². The zero-order valence-electron chi connectivity index (χ0n) is 10.1. The zero-order chi connectivity index (χ0) is 12.3. The topological polar surface area (TPSA) is 61.8 Å². The van der Waals surface area contributed by atoms with Crippen LogP contribution < -0.4 is 0 Å². The minimum Gasteiger partial charge on any atom is -0.460 e. The maximum Gasteiger partial charge on any atom is 0.348 e. The molecule has 16 heavy (non-hydrogen) atoms. The average Bonchev–Trinajstić information content (AvgIpc) is 2.13. The predicted octanol–water partition coefficient (Wildman–Crippen LogP) is 2.20. The van der Waals surface area contributed by atoms with Gasteiger partial charge < -0.3 is 13.8 Å². The Balaban J connectivity index is 2.84. The fraction of sp³-hybridized carbons (Fsp3) is 0.900. The van der Waals surface area contributed by atoms with E-state index >= 15 is 0 Å². The van der Waals surface area contributed by atoms with Crippen LogP contribution in [0.5, 0.6) is 0 Å². The van der Waals surface area contributed by atoms with Crippen molar-refractivity contribution in [3.63, 3.8) is 0 Å². The van der Waals surface area contributed by atoms with Gasteiger partial charge in [0.1, 0.15) is 6.10 Å². The van der Waals surface area contributed by atoms with Crippen molar-refractivity contribution in [1.29, 1.82) is 0 Å². The molecular formula is C10H19O5P. The van der Waals surface area contributed by atoms with Crippen molar-refractivity contribution < 1.29 is 23.1 Å². The molecule has 0 N–H and O–H groups in total. The highest BCUT2D eigenvalue weighted by Gasteiger charge is 2.57. The molecule has 94 valence electrons. The predicted molar refractivity (Wildman–Crippen MR) is 59.4 cm³/mol. The van der Waals surface area contributed by atoms with Crippen LogP contribution in [0.25, 0.3) is 0 Å². The average molecular weight is 250 g/mol. The Labute approximate surface area is 96.0 Å². The van der Waals surface area contributed by atoms with E-state index in [0.29, 0.717) is 0 Å². The lowest BCUT2D eigenvalue weighted by Gasteiger charge is -2.40. The summed E-state index contributed by atoms with van der Waals surface area (Å²) in [5, 5.41) is 0. The molecule has 0 amide bonds. The van der Waals surface area contributed by atoms with Crippen LogP contribution >= 0.6 is 7.60 Å². The van der Waals surface area contributed by atoms with Gasteiger partial charge in [0.05, 0.1) is 13.2 Å². The summed E-state index contributed by atoms with van der Waals surface area (Å²) in [6.07, 6.45) is -0.364. The van der Waals surface area contributed by atoms with Crippen molar-refractivity contribution in [3.05, 3.63) is 0 Å². The molecule has 0 spiro atoms. The summed E-state index contributed by atoms with van der Waals surface area (Å²) >= 11 is 0. The first-order chi connectivity index (χ1) is 7.46. The van der Waals surface area contributed by atoms with Gasteiger partial charge in [-0.05, 0) is 19.8 Å². The summed E-state index contributed by atoms with van der Waals surface area (Å²) in [6, 6.07) is 0. The maximum atomic E-state index is 12.4. The molecule has 6 heteroatoms. The van der Waals surface area contributed by atoms with E-state index in [4.69, 9.17) is 13.8 Å². The lowest BCUT2D eigenvalue weighted by molar-refractivity contribution is -0.173. The molecule has 1 heterocycles. The van der Waals surface area contributed by atoms with Crippen LogP contribution in [-0.2, 0) is 23.1 Å². The first-order valence-electron chi connectivity index (χ1n) is 5.55. The van der Waals surface area contributed by atoms with Gasteiger partial charge in [-0.15, -0.1) is 0 Å². The summed E-state index contributed by atoms with van der Waals surface area (Å²) in [5.74, 6) is -0.374. The number of carbonyl (C=O) groups is 1. The highest BCUT2D eigenvalue weighted by Crippen LogP contribution is 2.58. The molecule has 0 unspecified atom stereocenters. The molecule has 1 aliphatic rings. The number of esters is 1. The number of ether oxygens (including phenoxy) is 1. The zero-order valence-corrected chi connectivity index (χ0v) is 11.0. The van der Waals surface area contributed by atoms with Gasteiger partial charge in [0, 0.05) is 0 Å². The van der Waals surface area contributed by atoms with Crippen LogP contribution in [0.15, 0.2) is 0 Å². The van der Waals surface area contributed by atoms with E-state index in [1.165, 1.54) is 0 Å². The molecule has 1 aliphatic heterocycles. The number of rotatable bonds is 6. The van der Waals surface area contributed by atoms with E-state index in [9.17, 15) is 9.36 Å². The summed E-state index contributed by atoms with van der Waals surface area (Å²) in [5.41, 5.74) is -0.757. The standard InChI is InChI=1S/C10H19O5P/c1-5-13-16(12,14-6-2)9-8(7(3)4)15-10(9)11/h7-9H,5-6H2,1-4H3/t8-,9+/m0/s1. The van der Waals surface area contributed by atoms with Gasteiger partial charge >= 0.3 is 13.6 Å². The molecule has 2 atom stereocenters. The molecule has 0 aliphatic carbocycles. The summed E-state index contributed by atoms with van der Waals surface area (Å²) < 4.78 is 27.7. The van der Waals surface area contributed by atoms with Gasteiger partial charge in [-0.25, -0.2) is 0 Å². The first-order valence-corrected chi connectivity index (χ1v) is 7.16. The molecule has 1 rings (SSSR count). The van der Waals surface area contributed by atoms with Crippen molar-refractivity contribution in [2.45, 2.75) is 39.5 Å². The Kier molecular flexibility index (Phi) is 4.53. The van der Waals surface area contributed by atoms with Crippen molar-refractivity contribution in [1.82, 2.24) is 0 Å². The van der Waals surface area contributed by atoms with Crippen LogP contribution in [0.4, 0.5) is 0 Å². The van der Waals surface area contributed by atoms with E-state index in [2.05, 4.69) is 0 Å². The molecule has 1 fully saturated rings. The molecular weight excluding hydrogens is 231 g/mol. The monoisotopic (exact) mass is 250 g/mol. The number of hydrogen-bond donors (Lipinski definition) is 0. The summed E-state index contributed by atoms with van der Waals surface area (Å²) in [4.78, 5) is 11.4. The van der Waals surface area contributed by atoms with Crippen molar-refractivity contribution in [3.8, 4) is 0 Å². The molecule has 1 saturated heterocycles. The van der Waals surface area contributed by atoms with Gasteiger partial charge in [-0.2, -0.15) is 0 Å². The van der Waals surface area contributed by atoms with Gasteiger partial charge in [-0.3, -0.25) is 9.36 Å². The molecule has 0 radical (unpaired) electrons. The second-order valence-electron chi connectivity index (χ2n) is 3.97. The highest BCUT2D eigenvalue weighted by atomic mass is 31.2. The smallest absolute Gasteiger partial charge is 0.348 e. The second kappa shape index (κ2) is 5.30. The highest BCUT2D eigenvalue weighted by molar-refractivity contribution is 7.56. The lowest BCUT2D eigenvalue weighted by atomic mass is 10.00. The minimum atomic E-state index is -3.36. The fourth-order valence-corrected chi connectivity index (χ4v) is 3.90. The Morgan fingerprint density at radius 1 is 1.31 bits per heavy atom. The molecule has 5 nitrogen and oxygen atoms in total. The third-order valence-corrected chi connectivity index (χ3v) is 4.84. The Morgan fingerprint density at radius 3 is 2.12 bits per heavy atom. The van der Waals surface area contributed by atoms with Crippen molar-refractivity contribution in [2.24, 2.45) is 5.92 Å². The molecule has 0 bridgehead atoms. The van der Waals surface area contributed by atoms with Gasteiger partial charge in [0.15, 0.2) is 5.66 Å². The van der Waals surface area contributed by atoms with Crippen LogP contribution in [-0.4, -0.2) is 30.9 Å². The number of cyclic esters (lactones) is 1. The van der Waals surface area contributed by atoms with E-state index < -0.39 is 19.2 Å². The summed E-state index contributed by atoms with van der Waals surface area (Å²) in [6.45, 7) is 7.77. The third-order valence-electron chi connectivity index (χ3n) is 2.42. The second-order valence-corrected chi connectivity index (χ2v) is 6.12. The Bertz CT molecular complexity index is 292. The van der Waals surface area contributed by atoms with Gasteiger partial charge in [0.2, 0.25) is 0 Å². The number of hydrogen-bond acceptors (Lipinski definition) is 5. The van der Waals surface area contributed by atoms with Gasteiger partial charge in [0.25, 0.3) is 0 Å². The Hall–Kier alpha value is -0.380.